The van der Waals surface area contributed by atoms with Gasteiger partial charge in [0.15, 0.2) is 0 Å². The van der Waals surface area contributed by atoms with E-state index < -0.39 is 11.7 Å². The summed E-state index contributed by atoms with van der Waals surface area (Å²) in [6.07, 6.45) is 1.91. The molecular weight excluding hydrogens is 233 g/mol. The van der Waals surface area contributed by atoms with Gasteiger partial charge in [-0.15, -0.1) is 0 Å². The monoisotopic (exact) mass is 253 g/mol. The van der Waals surface area contributed by atoms with Crippen molar-refractivity contribution in [2.24, 2.45) is 5.92 Å². The number of aromatic hydroxyl groups is 1. The van der Waals surface area contributed by atoms with E-state index in [2.05, 4.69) is 19.2 Å². The topological polar surface area (TPSA) is 49.3 Å². The van der Waals surface area contributed by atoms with Crippen LogP contribution in [0.5, 0.6) is 5.75 Å². The molecule has 3 nitrogen and oxygen atoms in total. The average molecular weight is 253 g/mol. The molecule has 0 aliphatic carbocycles. The third kappa shape index (κ3) is 4.02. The molecule has 4 heteroatoms. The van der Waals surface area contributed by atoms with Crippen LogP contribution in [0, 0.1) is 11.7 Å². The van der Waals surface area contributed by atoms with Crippen LogP contribution in [0.3, 0.4) is 0 Å². The van der Waals surface area contributed by atoms with Gasteiger partial charge >= 0.3 is 0 Å². The molecule has 0 bridgehead atoms. The number of phenolic OH excluding ortho intramolecular Hbond substituents is 1. The van der Waals surface area contributed by atoms with Crippen LogP contribution in [-0.4, -0.2) is 17.1 Å². The summed E-state index contributed by atoms with van der Waals surface area (Å²) in [5.41, 5.74) is -0.0222. The molecule has 0 spiro atoms. The molecule has 0 aliphatic heterocycles. The van der Waals surface area contributed by atoms with Crippen LogP contribution in [0.15, 0.2) is 18.2 Å². The first-order valence-corrected chi connectivity index (χ1v) is 6.23. The largest absolute Gasteiger partial charge is 0.507 e. The van der Waals surface area contributed by atoms with Crippen LogP contribution in [0.2, 0.25) is 0 Å². The maximum Gasteiger partial charge on any atom is 0.255 e. The molecule has 1 amide bonds. The second kappa shape index (κ2) is 6.38. The van der Waals surface area contributed by atoms with Gasteiger partial charge in [-0.3, -0.25) is 4.79 Å². The molecule has 0 aromatic heterocycles. The van der Waals surface area contributed by atoms with E-state index in [0.717, 1.165) is 25.0 Å². The zero-order valence-corrected chi connectivity index (χ0v) is 11.0. The summed E-state index contributed by atoms with van der Waals surface area (Å²) >= 11 is 0. The molecule has 2 unspecified atom stereocenters. The molecule has 100 valence electrons. The van der Waals surface area contributed by atoms with Crippen molar-refractivity contribution in [3.8, 4) is 5.75 Å². The average Bonchev–Trinajstić information content (AvgIpc) is 2.31. The Morgan fingerprint density at radius 1 is 1.44 bits per heavy atom. The molecule has 0 radical (unpaired) electrons. The summed E-state index contributed by atoms with van der Waals surface area (Å²) < 4.78 is 13.0. The molecule has 0 aliphatic rings. The van der Waals surface area contributed by atoms with E-state index in [0.29, 0.717) is 5.92 Å². The van der Waals surface area contributed by atoms with E-state index in [-0.39, 0.29) is 17.4 Å². The van der Waals surface area contributed by atoms with Gasteiger partial charge in [-0.1, -0.05) is 20.3 Å². The van der Waals surface area contributed by atoms with E-state index in [4.69, 9.17) is 0 Å². The Kier molecular flexibility index (Phi) is 5.13. The first-order chi connectivity index (χ1) is 8.43. The number of carbonyl (C=O) groups is 1. The molecule has 0 saturated carbocycles. The maximum atomic E-state index is 13.0. The minimum absolute atomic E-state index is 0.00452. The lowest BCUT2D eigenvalue weighted by atomic mass is 10.00. The Balaban J connectivity index is 2.67. The smallest absolute Gasteiger partial charge is 0.255 e. The van der Waals surface area contributed by atoms with Crippen LogP contribution in [-0.2, 0) is 0 Å². The number of phenols is 1. The summed E-state index contributed by atoms with van der Waals surface area (Å²) in [6.45, 7) is 6.11. The third-order valence-corrected chi connectivity index (χ3v) is 3.03. The number of carbonyl (C=O) groups excluding carboxylic acids is 1. The standard InChI is InChI=1S/C14H20FNO2/c1-4-9(2)7-10(3)16-14(18)12-8-11(15)5-6-13(12)17/h5-6,8-10,17H,4,7H2,1-3H3,(H,16,18). The highest BCUT2D eigenvalue weighted by Crippen LogP contribution is 2.18. The van der Waals surface area contributed by atoms with Crippen molar-refractivity contribution in [3.05, 3.63) is 29.6 Å². The fourth-order valence-corrected chi connectivity index (χ4v) is 1.82. The van der Waals surface area contributed by atoms with Crippen LogP contribution in [0.25, 0.3) is 0 Å². The van der Waals surface area contributed by atoms with E-state index in [1.165, 1.54) is 6.07 Å². The summed E-state index contributed by atoms with van der Waals surface area (Å²) in [5, 5.41) is 12.3. The maximum absolute atomic E-state index is 13.0. The summed E-state index contributed by atoms with van der Waals surface area (Å²) in [7, 11) is 0. The Hall–Kier alpha value is -1.58. The lowest BCUT2D eigenvalue weighted by molar-refractivity contribution is 0.0932. The van der Waals surface area contributed by atoms with Gasteiger partial charge in [0.2, 0.25) is 0 Å². The number of benzene rings is 1. The molecule has 0 fully saturated rings. The summed E-state index contributed by atoms with van der Waals surface area (Å²) in [4.78, 5) is 11.9. The van der Waals surface area contributed by atoms with E-state index in [1.54, 1.807) is 0 Å². The van der Waals surface area contributed by atoms with Crippen molar-refractivity contribution in [3.63, 3.8) is 0 Å². The number of amides is 1. The van der Waals surface area contributed by atoms with Crippen LogP contribution in [0.4, 0.5) is 4.39 Å². The van der Waals surface area contributed by atoms with Gasteiger partial charge in [-0.2, -0.15) is 0 Å². The number of rotatable bonds is 5. The second-order valence-corrected chi connectivity index (χ2v) is 4.79. The summed E-state index contributed by atoms with van der Waals surface area (Å²) in [5.74, 6) is -0.665. The van der Waals surface area contributed by atoms with Gasteiger partial charge in [0.05, 0.1) is 5.56 Å². The Bertz CT molecular complexity index is 420. The molecule has 1 rings (SSSR count). The van der Waals surface area contributed by atoms with Crippen molar-refractivity contribution in [2.45, 2.75) is 39.7 Å². The van der Waals surface area contributed by atoms with Crippen LogP contribution >= 0.6 is 0 Å². The van der Waals surface area contributed by atoms with Gasteiger partial charge < -0.3 is 10.4 Å². The fraction of sp³-hybridized carbons (Fsp3) is 0.500. The van der Waals surface area contributed by atoms with Gasteiger partial charge in [-0.05, 0) is 37.5 Å². The predicted molar refractivity (Wildman–Crippen MR) is 69.1 cm³/mol. The van der Waals surface area contributed by atoms with Gasteiger partial charge in [0.25, 0.3) is 5.91 Å². The zero-order valence-electron chi connectivity index (χ0n) is 11.0. The van der Waals surface area contributed by atoms with Crippen LogP contribution < -0.4 is 5.32 Å². The SMILES string of the molecule is CCC(C)CC(C)NC(=O)c1cc(F)ccc1O. The van der Waals surface area contributed by atoms with Crippen molar-refractivity contribution in [2.75, 3.05) is 0 Å². The van der Waals surface area contributed by atoms with Crippen molar-refractivity contribution < 1.29 is 14.3 Å². The molecule has 0 saturated heterocycles. The van der Waals surface area contributed by atoms with Gasteiger partial charge in [0.1, 0.15) is 11.6 Å². The van der Waals surface area contributed by atoms with Crippen molar-refractivity contribution >= 4 is 5.91 Å². The first-order valence-electron chi connectivity index (χ1n) is 6.23. The van der Waals surface area contributed by atoms with Gasteiger partial charge in [-0.25, -0.2) is 4.39 Å². The molecule has 1 aromatic carbocycles. The second-order valence-electron chi connectivity index (χ2n) is 4.79. The Morgan fingerprint density at radius 2 is 2.11 bits per heavy atom. The van der Waals surface area contributed by atoms with Crippen molar-refractivity contribution in [1.29, 1.82) is 0 Å². The lowest BCUT2D eigenvalue weighted by Crippen LogP contribution is -2.33. The lowest BCUT2D eigenvalue weighted by Gasteiger charge is -2.17. The fourth-order valence-electron chi connectivity index (χ4n) is 1.82. The molecule has 1 aromatic rings. The molecule has 2 atom stereocenters. The number of hydrogen-bond donors (Lipinski definition) is 2. The Morgan fingerprint density at radius 3 is 2.72 bits per heavy atom. The highest BCUT2D eigenvalue weighted by atomic mass is 19.1. The van der Waals surface area contributed by atoms with E-state index >= 15 is 0 Å². The van der Waals surface area contributed by atoms with E-state index in [1.807, 2.05) is 6.92 Å². The third-order valence-electron chi connectivity index (χ3n) is 3.03. The molecule has 18 heavy (non-hydrogen) atoms. The van der Waals surface area contributed by atoms with Crippen molar-refractivity contribution in [1.82, 2.24) is 5.32 Å². The minimum Gasteiger partial charge on any atom is -0.507 e. The molecule has 0 heterocycles. The van der Waals surface area contributed by atoms with Crippen LogP contribution in [0.1, 0.15) is 44.0 Å². The normalized spacial score (nSPS) is 14.0. The number of halogens is 1. The van der Waals surface area contributed by atoms with E-state index in [9.17, 15) is 14.3 Å². The highest BCUT2D eigenvalue weighted by Gasteiger charge is 2.15. The summed E-state index contributed by atoms with van der Waals surface area (Å²) in [6, 6.07) is 3.34. The Labute approximate surface area is 107 Å². The quantitative estimate of drug-likeness (QED) is 0.847. The number of hydrogen-bond acceptors (Lipinski definition) is 2. The first kappa shape index (κ1) is 14.5. The zero-order chi connectivity index (χ0) is 13.7. The van der Waals surface area contributed by atoms with Gasteiger partial charge in [0, 0.05) is 6.04 Å². The molecular formula is C14H20FNO2. The molecule has 2 N–H and O–H groups in total. The predicted octanol–water partition coefficient (Wildman–Crippen LogP) is 3.09. The number of nitrogens with one attached hydrogen (secondary N) is 1. The highest BCUT2D eigenvalue weighted by molar-refractivity contribution is 5.96. The minimum atomic E-state index is -0.535.